The summed E-state index contributed by atoms with van der Waals surface area (Å²) in [5.74, 6) is -0.148. The van der Waals surface area contributed by atoms with E-state index in [1.54, 1.807) is 0 Å². The molecule has 2 atom stereocenters. The van der Waals surface area contributed by atoms with E-state index in [0.717, 1.165) is 12.8 Å². The van der Waals surface area contributed by atoms with Crippen LogP contribution in [0.2, 0.25) is 0 Å². The fourth-order valence-electron chi connectivity index (χ4n) is 2.72. The summed E-state index contributed by atoms with van der Waals surface area (Å²) in [6, 6.07) is 8.98. The van der Waals surface area contributed by atoms with Crippen molar-refractivity contribution in [3.05, 3.63) is 35.9 Å². The average molecular weight is 363 g/mol. The lowest BCUT2D eigenvalue weighted by atomic mass is 10.0. The van der Waals surface area contributed by atoms with Gasteiger partial charge in [0.2, 0.25) is 11.8 Å². The molecule has 0 radical (unpaired) electrons. The predicted molar refractivity (Wildman–Crippen MR) is 105 cm³/mol. The Labute approximate surface area is 157 Å². The molecule has 1 rings (SSSR count). The van der Waals surface area contributed by atoms with E-state index in [2.05, 4.69) is 22.8 Å². The van der Waals surface area contributed by atoms with Crippen molar-refractivity contribution < 1.29 is 9.59 Å². The first-order valence-electron chi connectivity index (χ1n) is 9.51. The minimum absolute atomic E-state index is 0.147. The van der Waals surface area contributed by atoms with Crippen LogP contribution >= 0.6 is 0 Å². The topological polar surface area (TPSA) is 110 Å². The van der Waals surface area contributed by atoms with Gasteiger partial charge in [-0.2, -0.15) is 0 Å². The minimum atomic E-state index is -0.626. The fraction of sp³-hybridized carbons (Fsp3) is 0.600. The lowest BCUT2D eigenvalue weighted by Gasteiger charge is -2.22. The van der Waals surface area contributed by atoms with Crippen LogP contribution in [0.5, 0.6) is 0 Å². The van der Waals surface area contributed by atoms with Crippen molar-refractivity contribution in [3.63, 3.8) is 0 Å². The van der Waals surface area contributed by atoms with Gasteiger partial charge < -0.3 is 22.1 Å². The molecule has 0 fully saturated rings. The summed E-state index contributed by atoms with van der Waals surface area (Å²) in [7, 11) is 0. The second-order valence-electron chi connectivity index (χ2n) is 7.11. The van der Waals surface area contributed by atoms with E-state index in [1.807, 2.05) is 32.0 Å². The molecular formula is C20H34N4O2. The molecule has 0 saturated heterocycles. The van der Waals surface area contributed by atoms with Gasteiger partial charge in [-0.25, -0.2) is 0 Å². The van der Waals surface area contributed by atoms with Gasteiger partial charge in [-0.15, -0.1) is 0 Å². The van der Waals surface area contributed by atoms with Crippen LogP contribution in [0, 0.1) is 5.92 Å². The molecule has 146 valence electrons. The largest absolute Gasteiger partial charge is 0.354 e. The van der Waals surface area contributed by atoms with Gasteiger partial charge in [-0.1, -0.05) is 44.2 Å². The van der Waals surface area contributed by atoms with E-state index in [1.165, 1.54) is 5.56 Å². The van der Waals surface area contributed by atoms with E-state index in [-0.39, 0.29) is 17.7 Å². The number of hydrogen-bond donors (Lipinski definition) is 4. The maximum Gasteiger partial charge on any atom is 0.242 e. The van der Waals surface area contributed by atoms with Gasteiger partial charge >= 0.3 is 0 Å². The molecule has 6 heteroatoms. The van der Waals surface area contributed by atoms with Crippen molar-refractivity contribution in [2.75, 3.05) is 13.1 Å². The van der Waals surface area contributed by atoms with Crippen LogP contribution in [0.25, 0.3) is 0 Å². The molecular weight excluding hydrogens is 328 g/mol. The van der Waals surface area contributed by atoms with Crippen LogP contribution in [0.3, 0.4) is 0 Å². The van der Waals surface area contributed by atoms with Gasteiger partial charge in [0.05, 0.1) is 6.04 Å². The van der Waals surface area contributed by atoms with Crippen molar-refractivity contribution in [1.29, 1.82) is 0 Å². The SMILES string of the molecule is CC(C)C[C@@H](NC(=O)[C@H](N)CCCN)C(=O)NCCCc1ccccc1. The van der Waals surface area contributed by atoms with Gasteiger partial charge in [0.1, 0.15) is 6.04 Å². The fourth-order valence-corrected chi connectivity index (χ4v) is 2.72. The Balaban J connectivity index is 2.45. The molecule has 0 spiro atoms. The number of rotatable bonds is 12. The van der Waals surface area contributed by atoms with E-state index in [0.29, 0.717) is 32.4 Å². The lowest BCUT2D eigenvalue weighted by Crippen LogP contribution is -2.52. The lowest BCUT2D eigenvalue weighted by molar-refractivity contribution is -0.130. The van der Waals surface area contributed by atoms with Gasteiger partial charge in [0.25, 0.3) is 0 Å². The Morgan fingerprint density at radius 1 is 1.08 bits per heavy atom. The minimum Gasteiger partial charge on any atom is -0.354 e. The maximum atomic E-state index is 12.5. The first-order valence-corrected chi connectivity index (χ1v) is 9.51. The second-order valence-corrected chi connectivity index (χ2v) is 7.11. The first kappa shape index (κ1) is 22.1. The van der Waals surface area contributed by atoms with Crippen LogP contribution in [0.15, 0.2) is 30.3 Å². The van der Waals surface area contributed by atoms with Crippen LogP contribution in [0.1, 0.15) is 45.1 Å². The number of nitrogens with one attached hydrogen (secondary N) is 2. The predicted octanol–water partition coefficient (Wildman–Crippen LogP) is 1.33. The molecule has 0 saturated carbocycles. The molecule has 26 heavy (non-hydrogen) atoms. The summed E-state index contributed by atoms with van der Waals surface area (Å²) in [4.78, 5) is 24.7. The highest BCUT2D eigenvalue weighted by atomic mass is 16.2. The highest BCUT2D eigenvalue weighted by Crippen LogP contribution is 2.07. The zero-order chi connectivity index (χ0) is 19.4. The summed E-state index contributed by atoms with van der Waals surface area (Å²) >= 11 is 0. The van der Waals surface area contributed by atoms with Gasteiger partial charge in [0.15, 0.2) is 0 Å². The number of amides is 2. The molecule has 0 bridgehead atoms. The van der Waals surface area contributed by atoms with Crippen molar-refractivity contribution in [2.45, 2.75) is 58.0 Å². The molecule has 0 heterocycles. The molecule has 0 aliphatic heterocycles. The van der Waals surface area contributed by atoms with Crippen LogP contribution in [-0.4, -0.2) is 37.0 Å². The number of aryl methyl sites for hydroxylation is 1. The molecule has 6 N–H and O–H groups in total. The third-order valence-corrected chi connectivity index (χ3v) is 4.18. The molecule has 0 aliphatic rings. The first-order chi connectivity index (χ1) is 12.4. The second kappa shape index (κ2) is 12.4. The monoisotopic (exact) mass is 362 g/mol. The normalized spacial score (nSPS) is 13.3. The number of benzene rings is 1. The van der Waals surface area contributed by atoms with Gasteiger partial charge in [0, 0.05) is 6.54 Å². The zero-order valence-electron chi connectivity index (χ0n) is 16.0. The maximum absolute atomic E-state index is 12.5. The molecule has 0 unspecified atom stereocenters. The third kappa shape index (κ3) is 8.97. The molecule has 1 aromatic carbocycles. The van der Waals surface area contributed by atoms with Crippen molar-refractivity contribution in [3.8, 4) is 0 Å². The standard InChI is InChI=1S/C20H34N4O2/c1-15(2)14-18(24-19(25)17(22)11-6-12-21)20(26)23-13-7-10-16-8-4-3-5-9-16/h3-5,8-9,15,17-18H,6-7,10-14,21-22H2,1-2H3,(H,23,26)(H,24,25)/t17-,18-/m1/s1. The summed E-state index contributed by atoms with van der Waals surface area (Å²) < 4.78 is 0. The molecule has 2 amide bonds. The van der Waals surface area contributed by atoms with E-state index in [4.69, 9.17) is 11.5 Å². The Kier molecular flexibility index (Phi) is 10.6. The zero-order valence-corrected chi connectivity index (χ0v) is 16.0. The molecule has 1 aromatic rings. The van der Waals surface area contributed by atoms with Gasteiger partial charge in [-0.05, 0) is 50.1 Å². The van der Waals surface area contributed by atoms with E-state index < -0.39 is 12.1 Å². The summed E-state index contributed by atoms with van der Waals surface area (Å²) in [5, 5.41) is 5.73. The molecule has 0 aliphatic carbocycles. The highest BCUT2D eigenvalue weighted by molar-refractivity contribution is 5.89. The van der Waals surface area contributed by atoms with Crippen molar-refractivity contribution in [1.82, 2.24) is 10.6 Å². The quantitative estimate of drug-likeness (QED) is 0.420. The third-order valence-electron chi connectivity index (χ3n) is 4.18. The van der Waals surface area contributed by atoms with Crippen LogP contribution < -0.4 is 22.1 Å². The Morgan fingerprint density at radius 3 is 2.38 bits per heavy atom. The summed E-state index contributed by atoms with van der Waals surface area (Å²) in [6.07, 6.45) is 3.56. The number of carbonyl (C=O) groups excluding carboxylic acids is 2. The number of nitrogens with two attached hydrogens (primary N) is 2. The highest BCUT2D eigenvalue weighted by Gasteiger charge is 2.24. The van der Waals surface area contributed by atoms with E-state index >= 15 is 0 Å². The Morgan fingerprint density at radius 2 is 1.77 bits per heavy atom. The summed E-state index contributed by atoms with van der Waals surface area (Å²) in [6.45, 7) is 5.13. The average Bonchev–Trinajstić information content (AvgIpc) is 2.62. The summed E-state index contributed by atoms with van der Waals surface area (Å²) in [5.41, 5.74) is 12.6. The van der Waals surface area contributed by atoms with Crippen molar-refractivity contribution in [2.24, 2.45) is 17.4 Å². The Bertz CT molecular complexity index is 534. The van der Waals surface area contributed by atoms with E-state index in [9.17, 15) is 9.59 Å². The molecule has 6 nitrogen and oxygen atoms in total. The Hall–Kier alpha value is -1.92. The number of hydrogen-bond acceptors (Lipinski definition) is 4. The van der Waals surface area contributed by atoms with Crippen LogP contribution in [0.4, 0.5) is 0 Å². The van der Waals surface area contributed by atoms with Crippen molar-refractivity contribution >= 4 is 11.8 Å². The van der Waals surface area contributed by atoms with Crippen LogP contribution in [-0.2, 0) is 16.0 Å². The van der Waals surface area contributed by atoms with Gasteiger partial charge in [-0.3, -0.25) is 9.59 Å². The number of carbonyl (C=O) groups is 2. The molecule has 0 aromatic heterocycles. The smallest absolute Gasteiger partial charge is 0.242 e.